The van der Waals surface area contributed by atoms with E-state index in [9.17, 15) is 4.79 Å². The van der Waals surface area contributed by atoms with Crippen molar-refractivity contribution in [2.45, 2.75) is 24.6 Å². The minimum atomic E-state index is -0.00200. The normalized spacial score (nSPS) is 21.6. The van der Waals surface area contributed by atoms with E-state index in [1.54, 1.807) is 0 Å². The first kappa shape index (κ1) is 14.9. The summed E-state index contributed by atoms with van der Waals surface area (Å²) in [6, 6.07) is 11.9. The van der Waals surface area contributed by atoms with Gasteiger partial charge in [-0.25, -0.2) is 0 Å². The van der Waals surface area contributed by atoms with Crippen LogP contribution >= 0.6 is 27.5 Å². The maximum absolute atomic E-state index is 12.2. The van der Waals surface area contributed by atoms with Crippen LogP contribution in [0.4, 0.5) is 0 Å². The minimum absolute atomic E-state index is 0.00200. The maximum Gasteiger partial charge on any atom is 0.251 e. The van der Waals surface area contributed by atoms with Crippen LogP contribution in [-0.2, 0) is 0 Å². The van der Waals surface area contributed by atoms with Crippen molar-refractivity contribution in [2.24, 2.45) is 5.92 Å². The highest BCUT2D eigenvalue weighted by molar-refractivity contribution is 9.10. The van der Waals surface area contributed by atoms with E-state index in [2.05, 4.69) is 27.3 Å². The minimum Gasteiger partial charge on any atom is -0.352 e. The SMILES string of the molecule is O=C(NCC1CCC(Cl)C1)c1ccc2cc(Br)ccc2c1. The number of rotatable bonds is 3. The van der Waals surface area contributed by atoms with Crippen molar-refractivity contribution in [3.8, 4) is 0 Å². The monoisotopic (exact) mass is 365 g/mol. The van der Waals surface area contributed by atoms with Gasteiger partial charge in [0.15, 0.2) is 0 Å². The summed E-state index contributed by atoms with van der Waals surface area (Å²) < 4.78 is 1.05. The summed E-state index contributed by atoms with van der Waals surface area (Å²) in [6.07, 6.45) is 3.18. The fourth-order valence-corrected chi connectivity index (χ4v) is 3.65. The van der Waals surface area contributed by atoms with Gasteiger partial charge >= 0.3 is 0 Å². The van der Waals surface area contributed by atoms with Crippen LogP contribution in [0.3, 0.4) is 0 Å². The van der Waals surface area contributed by atoms with Gasteiger partial charge in [0.1, 0.15) is 0 Å². The van der Waals surface area contributed by atoms with Crippen molar-refractivity contribution < 1.29 is 4.79 Å². The van der Waals surface area contributed by atoms with Gasteiger partial charge in [-0.15, -0.1) is 11.6 Å². The van der Waals surface area contributed by atoms with E-state index in [1.807, 2.05) is 30.3 Å². The highest BCUT2D eigenvalue weighted by atomic mass is 79.9. The smallest absolute Gasteiger partial charge is 0.251 e. The number of alkyl halides is 1. The molecule has 0 saturated heterocycles. The lowest BCUT2D eigenvalue weighted by Crippen LogP contribution is -2.28. The highest BCUT2D eigenvalue weighted by Gasteiger charge is 2.23. The van der Waals surface area contributed by atoms with Gasteiger partial charge < -0.3 is 5.32 Å². The number of carbonyl (C=O) groups is 1. The second-order valence-electron chi connectivity index (χ2n) is 5.69. The lowest BCUT2D eigenvalue weighted by molar-refractivity contribution is 0.0947. The predicted octanol–water partition coefficient (Wildman–Crippen LogP) is 4.74. The molecule has 0 bridgehead atoms. The predicted molar refractivity (Wildman–Crippen MR) is 91.0 cm³/mol. The summed E-state index contributed by atoms with van der Waals surface area (Å²) in [6.45, 7) is 0.723. The Labute approximate surface area is 138 Å². The topological polar surface area (TPSA) is 29.1 Å². The quantitative estimate of drug-likeness (QED) is 0.781. The van der Waals surface area contributed by atoms with E-state index in [1.165, 1.54) is 0 Å². The zero-order valence-electron chi connectivity index (χ0n) is 11.6. The molecule has 2 unspecified atom stereocenters. The zero-order chi connectivity index (χ0) is 14.8. The molecule has 2 atom stereocenters. The number of carbonyl (C=O) groups excluding carboxylic acids is 1. The maximum atomic E-state index is 12.2. The molecule has 3 rings (SSSR count). The van der Waals surface area contributed by atoms with Crippen LogP contribution < -0.4 is 5.32 Å². The Morgan fingerprint density at radius 3 is 2.71 bits per heavy atom. The Morgan fingerprint density at radius 2 is 1.95 bits per heavy atom. The first-order chi connectivity index (χ1) is 10.1. The average Bonchev–Trinajstić information content (AvgIpc) is 2.90. The molecule has 1 aliphatic carbocycles. The Hall–Kier alpha value is -1.06. The lowest BCUT2D eigenvalue weighted by atomic mass is 10.1. The molecular weight excluding hydrogens is 350 g/mol. The van der Waals surface area contributed by atoms with Crippen LogP contribution in [-0.4, -0.2) is 17.8 Å². The molecule has 1 saturated carbocycles. The number of hydrogen-bond acceptors (Lipinski definition) is 1. The average molecular weight is 367 g/mol. The molecule has 1 N–H and O–H groups in total. The molecule has 1 aliphatic rings. The van der Waals surface area contributed by atoms with Gasteiger partial charge in [-0.05, 0) is 60.2 Å². The van der Waals surface area contributed by atoms with Crippen LogP contribution in [0.5, 0.6) is 0 Å². The van der Waals surface area contributed by atoms with E-state index in [0.29, 0.717) is 11.5 Å². The van der Waals surface area contributed by atoms with E-state index >= 15 is 0 Å². The van der Waals surface area contributed by atoms with Crippen molar-refractivity contribution in [2.75, 3.05) is 6.54 Å². The Kier molecular flexibility index (Phi) is 4.51. The van der Waals surface area contributed by atoms with Gasteiger partial charge in [-0.3, -0.25) is 4.79 Å². The zero-order valence-corrected chi connectivity index (χ0v) is 14.0. The number of hydrogen-bond donors (Lipinski definition) is 1. The van der Waals surface area contributed by atoms with E-state index in [4.69, 9.17) is 11.6 Å². The summed E-state index contributed by atoms with van der Waals surface area (Å²) >= 11 is 9.56. The molecule has 4 heteroatoms. The van der Waals surface area contributed by atoms with Crippen LogP contribution in [0.15, 0.2) is 40.9 Å². The third-order valence-corrected chi connectivity index (χ3v) is 4.98. The third kappa shape index (κ3) is 3.58. The number of amides is 1. The van der Waals surface area contributed by atoms with Crippen molar-refractivity contribution in [1.82, 2.24) is 5.32 Å². The standard InChI is InChI=1S/C17H17BrClNO/c18-15-5-4-12-8-14(3-2-13(12)9-15)17(21)20-10-11-1-6-16(19)7-11/h2-5,8-9,11,16H,1,6-7,10H2,(H,20,21). The van der Waals surface area contributed by atoms with Crippen LogP contribution in [0.1, 0.15) is 29.6 Å². The first-order valence-electron chi connectivity index (χ1n) is 7.23. The van der Waals surface area contributed by atoms with Crippen molar-refractivity contribution in [1.29, 1.82) is 0 Å². The molecule has 110 valence electrons. The molecule has 1 amide bonds. The van der Waals surface area contributed by atoms with Gasteiger partial charge in [-0.2, -0.15) is 0 Å². The second-order valence-corrected chi connectivity index (χ2v) is 7.23. The Morgan fingerprint density at radius 1 is 1.19 bits per heavy atom. The molecule has 2 aromatic carbocycles. The first-order valence-corrected chi connectivity index (χ1v) is 8.46. The molecular formula is C17H17BrClNO. The van der Waals surface area contributed by atoms with E-state index < -0.39 is 0 Å². The molecule has 0 radical (unpaired) electrons. The van der Waals surface area contributed by atoms with Gasteiger partial charge in [-0.1, -0.05) is 28.1 Å². The fraction of sp³-hybridized carbons (Fsp3) is 0.353. The fourth-order valence-electron chi connectivity index (χ4n) is 2.90. The third-order valence-electron chi connectivity index (χ3n) is 4.09. The number of benzene rings is 2. The van der Waals surface area contributed by atoms with Gasteiger partial charge in [0.25, 0.3) is 5.91 Å². The Bertz CT molecular complexity index is 673. The van der Waals surface area contributed by atoms with Crippen molar-refractivity contribution in [3.05, 3.63) is 46.4 Å². The van der Waals surface area contributed by atoms with Crippen molar-refractivity contribution >= 4 is 44.2 Å². The molecule has 0 aliphatic heterocycles. The second kappa shape index (κ2) is 6.37. The van der Waals surface area contributed by atoms with Gasteiger partial charge in [0.2, 0.25) is 0 Å². The van der Waals surface area contributed by atoms with Crippen LogP contribution in [0, 0.1) is 5.92 Å². The molecule has 0 spiro atoms. The van der Waals surface area contributed by atoms with Crippen LogP contribution in [0.25, 0.3) is 10.8 Å². The summed E-state index contributed by atoms with van der Waals surface area (Å²) in [7, 11) is 0. The van der Waals surface area contributed by atoms with Crippen LogP contribution in [0.2, 0.25) is 0 Å². The molecule has 2 nitrogen and oxygen atoms in total. The summed E-state index contributed by atoms with van der Waals surface area (Å²) in [5, 5.41) is 5.52. The molecule has 0 heterocycles. The molecule has 0 aromatic heterocycles. The van der Waals surface area contributed by atoms with E-state index in [0.717, 1.165) is 41.1 Å². The number of fused-ring (bicyclic) bond motifs is 1. The number of nitrogens with one attached hydrogen (secondary N) is 1. The summed E-state index contributed by atoms with van der Waals surface area (Å²) in [4.78, 5) is 12.2. The van der Waals surface area contributed by atoms with Crippen molar-refractivity contribution in [3.63, 3.8) is 0 Å². The van der Waals surface area contributed by atoms with Gasteiger partial charge in [0.05, 0.1) is 0 Å². The molecule has 21 heavy (non-hydrogen) atoms. The summed E-state index contributed by atoms with van der Waals surface area (Å²) in [5.74, 6) is 0.519. The highest BCUT2D eigenvalue weighted by Crippen LogP contribution is 2.28. The summed E-state index contributed by atoms with van der Waals surface area (Å²) in [5.41, 5.74) is 0.713. The molecule has 2 aromatic rings. The van der Waals surface area contributed by atoms with E-state index in [-0.39, 0.29) is 11.3 Å². The lowest BCUT2D eigenvalue weighted by Gasteiger charge is -2.11. The van der Waals surface area contributed by atoms with Gasteiger partial charge in [0, 0.05) is 22.0 Å². The largest absolute Gasteiger partial charge is 0.352 e. The molecule has 1 fully saturated rings. The number of halogens is 2. The Balaban J connectivity index is 1.68.